The molecule has 8 heteroatoms. The molecule has 0 saturated carbocycles. The summed E-state index contributed by atoms with van der Waals surface area (Å²) in [7, 11) is 2.44. The summed E-state index contributed by atoms with van der Waals surface area (Å²) in [6.07, 6.45) is 0. The number of methoxy groups -OCH3 is 2. The normalized spacial score (nSPS) is 11.3. The SMILES string of the molecule is COc1nc(OC)c([B-](F)(F)F)cc1Br. The van der Waals surface area contributed by atoms with Crippen LogP contribution in [-0.4, -0.2) is 26.2 Å². The molecule has 0 radical (unpaired) electrons. The topological polar surface area (TPSA) is 31.4 Å². The molecule has 0 aliphatic heterocycles. The van der Waals surface area contributed by atoms with Gasteiger partial charge in [-0.05, 0) is 21.4 Å². The zero-order valence-corrected chi connectivity index (χ0v) is 9.52. The molecule has 0 saturated heterocycles. The van der Waals surface area contributed by atoms with Gasteiger partial charge in [-0.25, -0.2) is 0 Å². The van der Waals surface area contributed by atoms with Crippen LogP contribution in [0.5, 0.6) is 11.8 Å². The van der Waals surface area contributed by atoms with E-state index >= 15 is 0 Å². The van der Waals surface area contributed by atoms with E-state index in [9.17, 15) is 12.9 Å². The Labute approximate surface area is 92.8 Å². The van der Waals surface area contributed by atoms with Gasteiger partial charge in [0.1, 0.15) is 0 Å². The number of pyridine rings is 1. The predicted molar refractivity (Wildman–Crippen MR) is 53.8 cm³/mol. The Balaban J connectivity index is 3.34. The molecular formula is C7H7BBrF3NO2-. The number of hydrogen-bond acceptors (Lipinski definition) is 3. The van der Waals surface area contributed by atoms with E-state index in [1.807, 2.05) is 0 Å². The maximum atomic E-state index is 12.5. The van der Waals surface area contributed by atoms with Crippen molar-refractivity contribution < 1.29 is 22.4 Å². The van der Waals surface area contributed by atoms with E-state index in [0.29, 0.717) is 0 Å². The summed E-state index contributed by atoms with van der Waals surface area (Å²) in [6, 6.07) is 0.894. The highest BCUT2D eigenvalue weighted by atomic mass is 79.9. The minimum Gasteiger partial charge on any atom is -0.483 e. The van der Waals surface area contributed by atoms with Crippen LogP contribution in [-0.2, 0) is 0 Å². The smallest absolute Gasteiger partial charge is 0.483 e. The molecule has 1 aromatic rings. The van der Waals surface area contributed by atoms with Gasteiger partial charge in [0.15, 0.2) is 5.88 Å². The number of halogens is 4. The molecule has 0 aromatic carbocycles. The average Bonchev–Trinajstić information content (AvgIpc) is 2.16. The number of ether oxygens (including phenoxy) is 2. The minimum atomic E-state index is -5.15. The highest BCUT2D eigenvalue weighted by molar-refractivity contribution is 9.10. The van der Waals surface area contributed by atoms with Gasteiger partial charge in [-0.3, -0.25) is 0 Å². The van der Waals surface area contributed by atoms with Crippen LogP contribution in [0.1, 0.15) is 0 Å². The largest absolute Gasteiger partial charge is 0.514 e. The molecule has 1 heterocycles. The van der Waals surface area contributed by atoms with Crippen molar-refractivity contribution in [3.8, 4) is 11.8 Å². The van der Waals surface area contributed by atoms with Crippen LogP contribution in [0.25, 0.3) is 0 Å². The lowest BCUT2D eigenvalue weighted by molar-refractivity contribution is 0.363. The predicted octanol–water partition coefficient (Wildman–Crippen LogP) is 1.92. The third kappa shape index (κ3) is 2.56. The lowest BCUT2D eigenvalue weighted by Gasteiger charge is -2.18. The van der Waals surface area contributed by atoms with E-state index in [2.05, 4.69) is 25.7 Å². The monoisotopic (exact) mass is 284 g/mol. The van der Waals surface area contributed by atoms with Crippen LogP contribution < -0.4 is 14.9 Å². The zero-order chi connectivity index (χ0) is 11.6. The fraction of sp³-hybridized carbons (Fsp3) is 0.286. The number of nitrogens with zero attached hydrogens (tertiary/aromatic N) is 1. The summed E-state index contributed by atoms with van der Waals surface area (Å²) in [5.74, 6) is -0.432. The summed E-state index contributed by atoms with van der Waals surface area (Å²) >= 11 is 2.93. The van der Waals surface area contributed by atoms with Gasteiger partial charge < -0.3 is 22.4 Å². The first-order chi connectivity index (χ1) is 6.90. The minimum absolute atomic E-state index is 0.0515. The van der Waals surface area contributed by atoms with E-state index < -0.39 is 18.3 Å². The van der Waals surface area contributed by atoms with Crippen molar-refractivity contribution in [3.63, 3.8) is 0 Å². The van der Waals surface area contributed by atoms with Crippen LogP contribution in [0.15, 0.2) is 10.5 Å². The lowest BCUT2D eigenvalue weighted by atomic mass is 9.81. The Bertz CT molecular complexity index is 372. The maximum absolute atomic E-state index is 12.5. The highest BCUT2D eigenvalue weighted by Crippen LogP contribution is 2.26. The van der Waals surface area contributed by atoms with Gasteiger partial charge in [0.25, 0.3) is 0 Å². The van der Waals surface area contributed by atoms with Crippen molar-refractivity contribution >= 4 is 28.4 Å². The lowest BCUT2D eigenvalue weighted by Crippen LogP contribution is -2.35. The van der Waals surface area contributed by atoms with Gasteiger partial charge in [-0.1, -0.05) is 6.07 Å². The van der Waals surface area contributed by atoms with Crippen LogP contribution >= 0.6 is 15.9 Å². The van der Waals surface area contributed by atoms with Gasteiger partial charge in [0.2, 0.25) is 5.88 Å². The molecule has 0 spiro atoms. The van der Waals surface area contributed by atoms with Crippen molar-refractivity contribution in [2.24, 2.45) is 0 Å². The van der Waals surface area contributed by atoms with Crippen molar-refractivity contribution in [2.45, 2.75) is 0 Å². The van der Waals surface area contributed by atoms with Crippen molar-refractivity contribution in [1.29, 1.82) is 0 Å². The second-order valence-electron chi connectivity index (χ2n) is 2.65. The molecule has 0 N–H and O–H groups in total. The van der Waals surface area contributed by atoms with Crippen LogP contribution in [0, 0.1) is 0 Å². The van der Waals surface area contributed by atoms with Gasteiger partial charge >= 0.3 is 6.98 Å². The van der Waals surface area contributed by atoms with Crippen LogP contribution in [0.4, 0.5) is 12.9 Å². The second kappa shape index (κ2) is 4.30. The maximum Gasteiger partial charge on any atom is 0.514 e. The van der Waals surface area contributed by atoms with Gasteiger partial charge in [-0.2, -0.15) is 4.98 Å². The second-order valence-corrected chi connectivity index (χ2v) is 3.51. The Hall–Kier alpha value is -0.915. The van der Waals surface area contributed by atoms with Crippen LogP contribution in [0.2, 0.25) is 0 Å². The average molecular weight is 285 g/mol. The van der Waals surface area contributed by atoms with E-state index in [-0.39, 0.29) is 10.4 Å². The van der Waals surface area contributed by atoms with Gasteiger partial charge in [0, 0.05) is 0 Å². The first kappa shape index (κ1) is 12.2. The molecule has 0 amide bonds. The standard InChI is InChI=1S/C7H7BBrF3NO2/c1-14-6-4(8(10,11)12)3-5(9)7(13-6)15-2/h3H,1-2H3/q-1. The fourth-order valence-electron chi connectivity index (χ4n) is 1.01. The van der Waals surface area contributed by atoms with E-state index in [1.54, 1.807) is 0 Å². The fourth-order valence-corrected chi connectivity index (χ4v) is 1.51. The number of aromatic nitrogens is 1. The third-order valence-electron chi connectivity index (χ3n) is 1.68. The molecule has 0 fully saturated rings. The zero-order valence-electron chi connectivity index (χ0n) is 7.93. The molecule has 0 aliphatic rings. The molecule has 1 rings (SSSR count). The summed E-state index contributed by atoms with van der Waals surface area (Å²) in [5.41, 5.74) is -0.884. The molecule has 0 atom stereocenters. The van der Waals surface area contributed by atoms with Crippen molar-refractivity contribution in [2.75, 3.05) is 14.2 Å². The Morgan fingerprint density at radius 3 is 2.13 bits per heavy atom. The first-order valence-corrected chi connectivity index (χ1v) is 4.67. The van der Waals surface area contributed by atoms with E-state index in [0.717, 1.165) is 13.2 Å². The van der Waals surface area contributed by atoms with Crippen molar-refractivity contribution in [3.05, 3.63) is 10.5 Å². The Morgan fingerprint density at radius 2 is 1.73 bits per heavy atom. The van der Waals surface area contributed by atoms with E-state index in [4.69, 9.17) is 4.74 Å². The third-order valence-corrected chi connectivity index (χ3v) is 2.24. The first-order valence-electron chi connectivity index (χ1n) is 3.88. The molecular weight excluding hydrogens is 278 g/mol. The molecule has 0 unspecified atom stereocenters. The van der Waals surface area contributed by atoms with Crippen LogP contribution in [0.3, 0.4) is 0 Å². The number of rotatable bonds is 3. The molecule has 84 valence electrons. The van der Waals surface area contributed by atoms with E-state index in [1.165, 1.54) is 7.11 Å². The number of hydrogen-bond donors (Lipinski definition) is 0. The summed E-state index contributed by atoms with van der Waals surface area (Å²) in [6.45, 7) is -5.15. The molecule has 3 nitrogen and oxygen atoms in total. The summed E-state index contributed by atoms with van der Waals surface area (Å²) < 4.78 is 47.0. The quantitative estimate of drug-likeness (QED) is 0.795. The van der Waals surface area contributed by atoms with Gasteiger partial charge in [0.05, 0.1) is 18.7 Å². The Morgan fingerprint density at radius 1 is 1.20 bits per heavy atom. The van der Waals surface area contributed by atoms with Crippen molar-refractivity contribution in [1.82, 2.24) is 4.98 Å². The van der Waals surface area contributed by atoms with Gasteiger partial charge in [-0.15, -0.1) is 0 Å². The molecule has 15 heavy (non-hydrogen) atoms. The summed E-state index contributed by atoms with van der Waals surface area (Å²) in [5, 5.41) is 0. The molecule has 0 bridgehead atoms. The Kier molecular flexibility index (Phi) is 3.48. The summed E-state index contributed by atoms with van der Waals surface area (Å²) in [4.78, 5) is 3.58. The molecule has 0 aliphatic carbocycles. The highest BCUT2D eigenvalue weighted by Gasteiger charge is 2.31. The molecule has 1 aromatic heterocycles.